The van der Waals surface area contributed by atoms with Crippen molar-refractivity contribution in [3.05, 3.63) is 0 Å². The average Bonchev–Trinajstić information content (AvgIpc) is 2.67. The van der Waals surface area contributed by atoms with Gasteiger partial charge in [-0.05, 0) is 0 Å². The molecule has 0 aromatic rings. The maximum absolute atomic E-state index is 4.61. The van der Waals surface area contributed by atoms with Crippen molar-refractivity contribution in [1.29, 1.82) is 0 Å². The number of rotatable bonds is 4. The van der Waals surface area contributed by atoms with E-state index in [1.165, 1.54) is 23.9 Å². The molecule has 4 heteroatoms. The van der Waals surface area contributed by atoms with E-state index in [0.29, 0.717) is 9.52 Å². The third-order valence-electron chi connectivity index (χ3n) is 3.04. The molecule has 86 valence electrons. The lowest BCUT2D eigenvalue weighted by atomic mass is 10.1. The van der Waals surface area contributed by atoms with Crippen molar-refractivity contribution >= 4 is 19.5 Å². The molecule has 0 radical (unpaired) electrons. The Kier molecular flexibility index (Phi) is 10.1. The number of hydrogen-bond donors (Lipinski definition) is 0. The van der Waals surface area contributed by atoms with Crippen LogP contribution in [-0.4, -0.2) is 33.7 Å². The maximum atomic E-state index is 4.61. The van der Waals surface area contributed by atoms with Gasteiger partial charge in [0.05, 0.1) is 0 Å². The van der Waals surface area contributed by atoms with Crippen molar-refractivity contribution in [2.75, 3.05) is 14.2 Å². The van der Waals surface area contributed by atoms with Crippen LogP contribution in [0.1, 0.15) is 39.5 Å². The first-order valence-electron chi connectivity index (χ1n) is 5.76. The van der Waals surface area contributed by atoms with Gasteiger partial charge in [-0.1, -0.05) is 50.6 Å². The summed E-state index contributed by atoms with van der Waals surface area (Å²) in [4.78, 5) is 0. The first kappa shape index (κ1) is 14.4. The molecule has 0 bridgehead atoms. The summed E-state index contributed by atoms with van der Waals surface area (Å²) < 4.78 is 9.22. The number of hydrogen-bond acceptors (Lipinski definition) is 2. The van der Waals surface area contributed by atoms with Crippen LogP contribution in [-0.2, 0) is 8.85 Å². The summed E-state index contributed by atoms with van der Waals surface area (Å²) >= 11 is 0. The molecule has 14 heavy (non-hydrogen) atoms. The molecular weight excluding hydrogens is 208 g/mol. The lowest BCUT2D eigenvalue weighted by Gasteiger charge is -2.03. The standard InChI is InChI=1S/C8H18Si.C2H8O2Si/c1-3-7-5-6-8(4-2)9-7;1-3-5-4-2/h7-8H,3-6,9H2,1-2H3;5H2,1-2H3. The lowest BCUT2D eigenvalue weighted by Crippen LogP contribution is -1.97. The van der Waals surface area contributed by atoms with Crippen molar-refractivity contribution in [3.63, 3.8) is 0 Å². The Hall–Kier alpha value is 0.354. The predicted octanol–water partition coefficient (Wildman–Crippen LogP) is 1.62. The molecule has 2 atom stereocenters. The van der Waals surface area contributed by atoms with E-state index >= 15 is 0 Å². The van der Waals surface area contributed by atoms with Gasteiger partial charge in [-0.15, -0.1) is 0 Å². The second kappa shape index (κ2) is 9.89. The zero-order valence-electron chi connectivity index (χ0n) is 10.2. The van der Waals surface area contributed by atoms with Crippen molar-refractivity contribution in [2.45, 2.75) is 50.6 Å². The van der Waals surface area contributed by atoms with Gasteiger partial charge in [0.15, 0.2) is 0 Å². The highest BCUT2D eigenvalue weighted by atomic mass is 28.3. The summed E-state index contributed by atoms with van der Waals surface area (Å²) in [6.45, 7) is 4.71. The molecular formula is C10H26O2Si2. The van der Waals surface area contributed by atoms with Crippen molar-refractivity contribution < 1.29 is 8.85 Å². The smallest absolute Gasteiger partial charge is 0.303 e. The molecule has 0 aliphatic carbocycles. The highest BCUT2D eigenvalue weighted by Crippen LogP contribution is 2.35. The average molecular weight is 234 g/mol. The summed E-state index contributed by atoms with van der Waals surface area (Å²) in [7, 11) is 3.10. The van der Waals surface area contributed by atoms with Crippen molar-refractivity contribution in [3.8, 4) is 0 Å². The van der Waals surface area contributed by atoms with E-state index in [-0.39, 0.29) is 0 Å². The van der Waals surface area contributed by atoms with Crippen LogP contribution < -0.4 is 0 Å². The second-order valence-corrected chi connectivity index (χ2v) is 8.23. The minimum atomic E-state index is -0.568. The molecule has 2 nitrogen and oxygen atoms in total. The molecule has 1 fully saturated rings. The van der Waals surface area contributed by atoms with Gasteiger partial charge in [0, 0.05) is 23.7 Å². The van der Waals surface area contributed by atoms with E-state index in [2.05, 4.69) is 22.7 Å². The quantitative estimate of drug-likeness (QED) is 0.688. The van der Waals surface area contributed by atoms with Gasteiger partial charge in [-0.3, -0.25) is 0 Å². The highest BCUT2D eigenvalue weighted by molar-refractivity contribution is 6.40. The van der Waals surface area contributed by atoms with Crippen molar-refractivity contribution in [2.24, 2.45) is 0 Å². The van der Waals surface area contributed by atoms with Crippen LogP contribution in [0.15, 0.2) is 0 Å². The van der Waals surface area contributed by atoms with E-state index in [1.807, 2.05) is 0 Å². The van der Waals surface area contributed by atoms with Gasteiger partial charge < -0.3 is 8.85 Å². The van der Waals surface area contributed by atoms with E-state index < -0.39 is 10.0 Å². The third kappa shape index (κ3) is 6.76. The minimum absolute atomic E-state index is 0.371. The van der Waals surface area contributed by atoms with Crippen LogP contribution in [0.25, 0.3) is 0 Å². The molecule has 1 aliphatic rings. The fraction of sp³-hybridized carbons (Fsp3) is 1.00. The Balaban J connectivity index is 0.000000292. The molecule has 0 aromatic carbocycles. The van der Waals surface area contributed by atoms with Gasteiger partial charge in [-0.2, -0.15) is 0 Å². The molecule has 0 N–H and O–H groups in total. The highest BCUT2D eigenvalue weighted by Gasteiger charge is 2.21. The van der Waals surface area contributed by atoms with E-state index in [9.17, 15) is 0 Å². The summed E-state index contributed by atoms with van der Waals surface area (Å²) in [5.41, 5.74) is 2.44. The van der Waals surface area contributed by atoms with Crippen LogP contribution in [0.2, 0.25) is 11.1 Å². The second-order valence-electron chi connectivity index (χ2n) is 4.06. The molecule has 0 saturated carbocycles. The molecule has 2 unspecified atom stereocenters. The van der Waals surface area contributed by atoms with Crippen LogP contribution in [0.3, 0.4) is 0 Å². The topological polar surface area (TPSA) is 18.5 Å². The first-order chi connectivity index (χ1) is 6.78. The Morgan fingerprint density at radius 2 is 1.50 bits per heavy atom. The summed E-state index contributed by atoms with van der Waals surface area (Å²) in [5.74, 6) is 0. The predicted molar refractivity (Wildman–Crippen MR) is 68.4 cm³/mol. The third-order valence-corrected chi connectivity index (χ3v) is 6.82. The van der Waals surface area contributed by atoms with Gasteiger partial charge in [0.2, 0.25) is 0 Å². The fourth-order valence-corrected chi connectivity index (χ4v) is 4.83. The fourth-order valence-electron chi connectivity index (χ4n) is 2.04. The zero-order valence-corrected chi connectivity index (χ0v) is 13.0. The van der Waals surface area contributed by atoms with Gasteiger partial charge in [0.1, 0.15) is 0 Å². The first-order valence-corrected chi connectivity index (χ1v) is 8.55. The Labute approximate surface area is 93.6 Å². The van der Waals surface area contributed by atoms with Crippen LogP contribution in [0, 0.1) is 0 Å². The van der Waals surface area contributed by atoms with E-state index in [1.54, 1.807) is 27.1 Å². The van der Waals surface area contributed by atoms with Crippen LogP contribution >= 0.6 is 0 Å². The molecule has 0 amide bonds. The Morgan fingerprint density at radius 3 is 1.64 bits per heavy atom. The summed E-state index contributed by atoms with van der Waals surface area (Å²) in [6.07, 6.45) is 6.09. The maximum Gasteiger partial charge on any atom is 0.303 e. The van der Waals surface area contributed by atoms with Crippen LogP contribution in [0.5, 0.6) is 0 Å². The molecule has 1 rings (SSSR count). The van der Waals surface area contributed by atoms with Crippen molar-refractivity contribution in [1.82, 2.24) is 0 Å². The van der Waals surface area contributed by atoms with Gasteiger partial charge >= 0.3 is 10.0 Å². The molecule has 0 spiro atoms. The largest absolute Gasteiger partial charge is 0.402 e. The SMILES string of the molecule is CCC1CCC(CC)[SiH2]1.CO[SiH2]OC. The Bertz CT molecular complexity index is 111. The zero-order chi connectivity index (χ0) is 10.8. The molecule has 1 aliphatic heterocycles. The molecule has 1 saturated heterocycles. The molecule has 1 heterocycles. The lowest BCUT2D eigenvalue weighted by molar-refractivity contribution is 0.309. The monoisotopic (exact) mass is 234 g/mol. The Morgan fingerprint density at radius 1 is 1.07 bits per heavy atom. The van der Waals surface area contributed by atoms with E-state index in [4.69, 9.17) is 0 Å². The molecule has 0 aromatic heterocycles. The van der Waals surface area contributed by atoms with Crippen LogP contribution in [0.4, 0.5) is 0 Å². The normalized spacial score (nSPS) is 27.4. The minimum Gasteiger partial charge on any atom is -0.402 e. The van der Waals surface area contributed by atoms with Gasteiger partial charge in [0.25, 0.3) is 0 Å². The van der Waals surface area contributed by atoms with Gasteiger partial charge in [-0.25, -0.2) is 0 Å². The van der Waals surface area contributed by atoms with E-state index in [0.717, 1.165) is 0 Å². The summed E-state index contributed by atoms with van der Waals surface area (Å²) in [5, 5.41) is 0. The summed E-state index contributed by atoms with van der Waals surface area (Å²) in [6, 6.07) is 0.